The van der Waals surface area contributed by atoms with Gasteiger partial charge >= 0.3 is 6.03 Å². The second-order valence-electron chi connectivity index (χ2n) is 6.14. The molecular formula is C21H22N4O6. The Morgan fingerprint density at radius 2 is 1.45 bits per heavy atom. The summed E-state index contributed by atoms with van der Waals surface area (Å²) in [6.07, 6.45) is 2.89. The Labute approximate surface area is 178 Å². The van der Waals surface area contributed by atoms with Gasteiger partial charge in [-0.1, -0.05) is 0 Å². The molecule has 0 spiro atoms. The molecule has 0 unspecified atom stereocenters. The highest BCUT2D eigenvalue weighted by atomic mass is 16.5. The highest BCUT2D eigenvalue weighted by Gasteiger charge is 2.13. The predicted molar refractivity (Wildman–Crippen MR) is 115 cm³/mol. The van der Waals surface area contributed by atoms with Crippen molar-refractivity contribution in [3.63, 3.8) is 0 Å². The number of rotatable bonds is 7. The number of nitrogens with zero attached hydrogens (tertiary/aromatic N) is 2. The fraction of sp³-hybridized carbons (Fsp3) is 0.190. The minimum Gasteiger partial charge on any atom is -0.493 e. The molecule has 0 aliphatic heterocycles. The number of hydrogen-bond donors (Lipinski definition) is 2. The first-order valence-electron chi connectivity index (χ1n) is 9.10. The summed E-state index contributed by atoms with van der Waals surface area (Å²) in [6.45, 7) is 0. The number of anilines is 2. The van der Waals surface area contributed by atoms with Crippen molar-refractivity contribution in [3.05, 3.63) is 59.1 Å². The molecule has 2 aromatic carbocycles. The molecule has 0 saturated heterocycles. The largest absolute Gasteiger partial charge is 0.493 e. The number of amides is 2. The molecule has 10 heteroatoms. The molecule has 10 nitrogen and oxygen atoms in total. The quantitative estimate of drug-likeness (QED) is 0.597. The van der Waals surface area contributed by atoms with Crippen molar-refractivity contribution in [1.82, 2.24) is 9.55 Å². The number of ether oxygens (including phenoxy) is 4. The van der Waals surface area contributed by atoms with Crippen LogP contribution in [-0.2, 0) is 0 Å². The molecule has 31 heavy (non-hydrogen) atoms. The van der Waals surface area contributed by atoms with Gasteiger partial charge in [-0.3, -0.25) is 14.7 Å². The van der Waals surface area contributed by atoms with Crippen LogP contribution in [0.25, 0.3) is 5.69 Å². The van der Waals surface area contributed by atoms with Crippen molar-refractivity contribution in [2.75, 3.05) is 39.1 Å². The van der Waals surface area contributed by atoms with Crippen molar-refractivity contribution in [1.29, 1.82) is 0 Å². The van der Waals surface area contributed by atoms with Gasteiger partial charge in [0.1, 0.15) is 0 Å². The third-order valence-electron chi connectivity index (χ3n) is 4.36. The molecule has 3 rings (SSSR count). The van der Waals surface area contributed by atoms with E-state index in [9.17, 15) is 9.59 Å². The summed E-state index contributed by atoms with van der Waals surface area (Å²) in [7, 11) is 6.03. The number of urea groups is 1. The van der Waals surface area contributed by atoms with E-state index in [2.05, 4.69) is 15.6 Å². The van der Waals surface area contributed by atoms with Crippen LogP contribution in [0.5, 0.6) is 23.0 Å². The first kappa shape index (κ1) is 21.5. The van der Waals surface area contributed by atoms with E-state index >= 15 is 0 Å². The van der Waals surface area contributed by atoms with E-state index < -0.39 is 11.6 Å². The average molecular weight is 426 g/mol. The van der Waals surface area contributed by atoms with Crippen LogP contribution < -0.4 is 35.1 Å². The van der Waals surface area contributed by atoms with E-state index in [0.29, 0.717) is 34.4 Å². The Hall–Kier alpha value is -4.21. The summed E-state index contributed by atoms with van der Waals surface area (Å²) in [5.74, 6) is 1.82. The van der Waals surface area contributed by atoms with E-state index in [1.807, 2.05) is 0 Å². The van der Waals surface area contributed by atoms with E-state index in [0.717, 1.165) is 0 Å². The maximum Gasteiger partial charge on any atom is 0.325 e. The van der Waals surface area contributed by atoms with Crippen LogP contribution in [0, 0.1) is 0 Å². The van der Waals surface area contributed by atoms with Gasteiger partial charge < -0.3 is 24.3 Å². The number of benzene rings is 2. The normalized spacial score (nSPS) is 10.2. The number of aromatic nitrogens is 2. The first-order valence-corrected chi connectivity index (χ1v) is 9.10. The molecule has 0 aliphatic rings. The summed E-state index contributed by atoms with van der Waals surface area (Å²) in [6, 6.07) is 9.27. The Morgan fingerprint density at radius 3 is 2.10 bits per heavy atom. The zero-order valence-electron chi connectivity index (χ0n) is 17.5. The second-order valence-corrected chi connectivity index (χ2v) is 6.14. The zero-order chi connectivity index (χ0) is 22.4. The Kier molecular flexibility index (Phi) is 6.61. The number of hydrogen-bond acceptors (Lipinski definition) is 7. The molecule has 1 aromatic heterocycles. The summed E-state index contributed by atoms with van der Waals surface area (Å²) >= 11 is 0. The van der Waals surface area contributed by atoms with Gasteiger partial charge in [-0.15, -0.1) is 0 Å². The van der Waals surface area contributed by atoms with Crippen LogP contribution in [0.4, 0.5) is 16.3 Å². The van der Waals surface area contributed by atoms with Crippen LogP contribution in [0.3, 0.4) is 0 Å². The highest BCUT2D eigenvalue weighted by molar-refractivity contribution is 5.99. The molecule has 0 aliphatic carbocycles. The first-order chi connectivity index (χ1) is 15.0. The smallest absolute Gasteiger partial charge is 0.325 e. The second kappa shape index (κ2) is 9.53. The third-order valence-corrected chi connectivity index (χ3v) is 4.36. The molecule has 0 bridgehead atoms. The van der Waals surface area contributed by atoms with Gasteiger partial charge in [0.2, 0.25) is 5.82 Å². The van der Waals surface area contributed by atoms with Gasteiger partial charge in [0.25, 0.3) is 5.56 Å². The molecule has 0 atom stereocenters. The molecule has 1 heterocycles. The fourth-order valence-electron chi connectivity index (χ4n) is 2.86. The minimum absolute atomic E-state index is 0.143. The van der Waals surface area contributed by atoms with E-state index in [1.54, 1.807) is 36.4 Å². The Balaban J connectivity index is 1.82. The lowest BCUT2D eigenvalue weighted by Gasteiger charge is -2.13. The molecule has 3 aromatic rings. The lowest BCUT2D eigenvalue weighted by atomic mass is 10.2. The maximum atomic E-state index is 12.8. The zero-order valence-corrected chi connectivity index (χ0v) is 17.5. The fourth-order valence-corrected chi connectivity index (χ4v) is 2.86. The van der Waals surface area contributed by atoms with Gasteiger partial charge in [0, 0.05) is 30.2 Å². The summed E-state index contributed by atoms with van der Waals surface area (Å²) in [5, 5.41) is 5.09. The monoisotopic (exact) mass is 426 g/mol. The minimum atomic E-state index is -0.637. The molecule has 0 radical (unpaired) electrons. The van der Waals surface area contributed by atoms with Crippen molar-refractivity contribution in [2.24, 2.45) is 0 Å². The lowest BCUT2D eigenvalue weighted by Crippen LogP contribution is -2.28. The number of carbonyl (C=O) groups is 1. The van der Waals surface area contributed by atoms with Crippen LogP contribution >= 0.6 is 0 Å². The van der Waals surface area contributed by atoms with Gasteiger partial charge in [-0.25, -0.2) is 9.78 Å². The van der Waals surface area contributed by atoms with E-state index in [-0.39, 0.29) is 5.82 Å². The molecule has 2 N–H and O–H groups in total. The van der Waals surface area contributed by atoms with Gasteiger partial charge in [-0.05, 0) is 24.3 Å². The number of nitrogens with one attached hydrogen (secondary N) is 2. The van der Waals surface area contributed by atoms with Crippen molar-refractivity contribution >= 4 is 17.5 Å². The van der Waals surface area contributed by atoms with Crippen LogP contribution in [0.1, 0.15) is 0 Å². The highest BCUT2D eigenvalue weighted by Crippen LogP contribution is 2.30. The molecular weight excluding hydrogens is 404 g/mol. The summed E-state index contributed by atoms with van der Waals surface area (Å²) in [4.78, 5) is 29.2. The number of carbonyl (C=O) groups excluding carboxylic acids is 1. The Bertz CT molecular complexity index is 1140. The molecule has 162 valence electrons. The van der Waals surface area contributed by atoms with E-state index in [4.69, 9.17) is 18.9 Å². The maximum absolute atomic E-state index is 12.8. The number of methoxy groups -OCH3 is 4. The third kappa shape index (κ3) is 4.69. The SMILES string of the molecule is COc1ccc(NC(=O)Nc2nccn(-c3ccc(OC)c(OC)c3)c2=O)cc1OC. The Morgan fingerprint density at radius 1 is 0.839 bits per heavy atom. The molecule has 2 amide bonds. The average Bonchev–Trinajstić information content (AvgIpc) is 2.79. The van der Waals surface area contributed by atoms with Gasteiger partial charge in [0.05, 0.1) is 34.1 Å². The van der Waals surface area contributed by atoms with Crippen molar-refractivity contribution in [2.45, 2.75) is 0 Å². The summed E-state index contributed by atoms with van der Waals surface area (Å²) in [5.41, 5.74) is 0.455. The molecule has 0 saturated carbocycles. The van der Waals surface area contributed by atoms with Gasteiger partial charge in [-0.2, -0.15) is 0 Å². The lowest BCUT2D eigenvalue weighted by molar-refractivity contribution is 0.262. The topological polar surface area (TPSA) is 113 Å². The molecule has 0 fully saturated rings. The van der Waals surface area contributed by atoms with Crippen LogP contribution in [0.15, 0.2) is 53.6 Å². The predicted octanol–water partition coefficient (Wildman–Crippen LogP) is 2.91. The van der Waals surface area contributed by atoms with Crippen molar-refractivity contribution in [3.8, 4) is 28.7 Å². The van der Waals surface area contributed by atoms with Crippen molar-refractivity contribution < 1.29 is 23.7 Å². The van der Waals surface area contributed by atoms with Gasteiger partial charge in [0.15, 0.2) is 23.0 Å². The standard InChI is InChI=1S/C21H22N4O6/c1-28-15-7-5-13(11-17(15)30-3)23-21(27)24-19-20(26)25(10-9-22-19)14-6-8-16(29-2)18(12-14)31-4/h5-12H,1-4H3,(H2,22,23,24,27). The van der Waals surface area contributed by atoms with E-state index in [1.165, 1.54) is 45.4 Å². The van der Waals surface area contributed by atoms with Crippen LogP contribution in [0.2, 0.25) is 0 Å². The summed E-state index contributed by atoms with van der Waals surface area (Å²) < 4.78 is 22.2. The van der Waals surface area contributed by atoms with Crippen LogP contribution in [-0.4, -0.2) is 44.0 Å².